The minimum Gasteiger partial charge on any atom is -0.454 e. The second-order valence-electron chi connectivity index (χ2n) is 6.18. The van der Waals surface area contributed by atoms with Gasteiger partial charge in [0.25, 0.3) is 0 Å². The van der Waals surface area contributed by atoms with E-state index in [1.54, 1.807) is 6.07 Å². The first kappa shape index (κ1) is 16.6. The van der Waals surface area contributed by atoms with E-state index in [9.17, 15) is 9.59 Å². The van der Waals surface area contributed by atoms with Crippen LogP contribution >= 0.6 is 0 Å². The van der Waals surface area contributed by atoms with Crippen molar-refractivity contribution in [1.82, 2.24) is 10.6 Å². The Hall–Kier alpha value is -2.28. The molecule has 0 bridgehead atoms. The van der Waals surface area contributed by atoms with Gasteiger partial charge in [-0.1, -0.05) is 6.07 Å². The fourth-order valence-corrected chi connectivity index (χ4v) is 3.31. The number of quaternary nitrogens is 1. The summed E-state index contributed by atoms with van der Waals surface area (Å²) in [4.78, 5) is 25.3. The maximum atomic E-state index is 11.9. The summed E-state index contributed by atoms with van der Waals surface area (Å²) >= 11 is 0. The summed E-state index contributed by atoms with van der Waals surface area (Å²) in [6, 6.07) is 5.86. The summed E-state index contributed by atoms with van der Waals surface area (Å²) in [5, 5.41) is 5.39. The third-order valence-corrected chi connectivity index (χ3v) is 4.69. The van der Waals surface area contributed by atoms with Gasteiger partial charge in [0.2, 0.25) is 6.79 Å². The van der Waals surface area contributed by atoms with Crippen molar-refractivity contribution in [3.05, 3.63) is 23.8 Å². The minimum atomic E-state index is -0.608. The highest BCUT2D eigenvalue weighted by Gasteiger charge is 2.28. The number of hydrogen-bond donors (Lipinski definition) is 3. The van der Waals surface area contributed by atoms with Crippen molar-refractivity contribution in [1.29, 1.82) is 0 Å². The molecule has 7 heteroatoms. The molecule has 2 atom stereocenters. The Morgan fingerprint density at radius 2 is 2.00 bits per heavy atom. The van der Waals surface area contributed by atoms with Crippen LogP contribution in [0.25, 0.3) is 0 Å². The van der Waals surface area contributed by atoms with E-state index in [2.05, 4.69) is 17.6 Å². The smallest absolute Gasteiger partial charge is 0.309 e. The molecule has 0 saturated carbocycles. The summed E-state index contributed by atoms with van der Waals surface area (Å²) in [5.41, 5.74) is 0.859. The Bertz CT molecular complexity index is 620. The topological polar surface area (TPSA) is 81.1 Å². The van der Waals surface area contributed by atoms with Crippen LogP contribution in [-0.4, -0.2) is 44.3 Å². The van der Waals surface area contributed by atoms with Crippen LogP contribution in [0.5, 0.6) is 11.5 Å². The lowest BCUT2D eigenvalue weighted by molar-refractivity contribution is -0.909. The highest BCUT2D eigenvalue weighted by atomic mass is 16.7. The largest absolute Gasteiger partial charge is 0.454 e. The predicted octanol–water partition coefficient (Wildman–Crippen LogP) is -0.785. The average Bonchev–Trinajstić information content (AvgIpc) is 3.25. The van der Waals surface area contributed by atoms with Gasteiger partial charge in [0.15, 0.2) is 11.5 Å². The molecule has 130 valence electrons. The lowest BCUT2D eigenvalue weighted by atomic mass is 10.2. The summed E-state index contributed by atoms with van der Waals surface area (Å²) in [5.74, 6) is 0.180. The average molecular weight is 334 g/mol. The zero-order valence-corrected chi connectivity index (χ0v) is 13.9. The van der Waals surface area contributed by atoms with Crippen LogP contribution in [-0.2, 0) is 16.1 Å². The van der Waals surface area contributed by atoms with Gasteiger partial charge < -0.3 is 25.0 Å². The van der Waals surface area contributed by atoms with Crippen molar-refractivity contribution >= 4 is 11.8 Å². The van der Waals surface area contributed by atoms with E-state index in [-0.39, 0.29) is 13.3 Å². The van der Waals surface area contributed by atoms with Crippen LogP contribution in [0, 0.1) is 0 Å². The van der Waals surface area contributed by atoms with Gasteiger partial charge in [0.1, 0.15) is 6.04 Å². The molecule has 1 saturated heterocycles. The maximum absolute atomic E-state index is 11.9. The van der Waals surface area contributed by atoms with E-state index >= 15 is 0 Å². The number of likely N-dealkylation sites (tertiary alicyclic amines) is 1. The standard InChI is InChI=1S/C17H23N3O4/c1-2-20-7-3-4-13(20)10-19-17(22)16(21)18-9-12-5-6-14-15(8-12)24-11-23-14/h5-6,8,13H,2-4,7,9-11H2,1H3,(H,18,21)(H,19,22)/p+1/t13-/m1/s1. The van der Waals surface area contributed by atoms with Gasteiger partial charge in [-0.15, -0.1) is 0 Å². The first-order chi connectivity index (χ1) is 11.7. The van der Waals surface area contributed by atoms with Gasteiger partial charge in [-0.25, -0.2) is 0 Å². The van der Waals surface area contributed by atoms with Crippen LogP contribution in [0.3, 0.4) is 0 Å². The number of carbonyl (C=O) groups excluding carboxylic acids is 2. The Balaban J connectivity index is 1.43. The van der Waals surface area contributed by atoms with E-state index in [4.69, 9.17) is 9.47 Å². The first-order valence-electron chi connectivity index (χ1n) is 8.46. The molecule has 1 aromatic carbocycles. The van der Waals surface area contributed by atoms with E-state index in [0.29, 0.717) is 24.1 Å². The molecule has 0 radical (unpaired) electrons. The molecule has 1 fully saturated rings. The molecule has 3 N–H and O–H groups in total. The fourth-order valence-electron chi connectivity index (χ4n) is 3.31. The zero-order chi connectivity index (χ0) is 16.9. The molecule has 2 aliphatic heterocycles. The van der Waals surface area contributed by atoms with Crippen LogP contribution in [0.1, 0.15) is 25.3 Å². The van der Waals surface area contributed by atoms with Crippen molar-refractivity contribution in [2.45, 2.75) is 32.4 Å². The van der Waals surface area contributed by atoms with Crippen molar-refractivity contribution in [3.8, 4) is 11.5 Å². The lowest BCUT2D eigenvalue weighted by Crippen LogP contribution is -3.14. The van der Waals surface area contributed by atoms with Gasteiger partial charge in [-0.2, -0.15) is 0 Å². The van der Waals surface area contributed by atoms with Gasteiger partial charge in [-0.05, 0) is 24.6 Å². The third kappa shape index (κ3) is 3.79. The summed E-state index contributed by atoms with van der Waals surface area (Å²) in [6.07, 6.45) is 2.28. The zero-order valence-electron chi connectivity index (χ0n) is 13.9. The number of benzene rings is 1. The molecule has 2 heterocycles. The first-order valence-corrected chi connectivity index (χ1v) is 8.46. The van der Waals surface area contributed by atoms with Gasteiger partial charge in [0.05, 0.1) is 19.6 Å². The van der Waals surface area contributed by atoms with Crippen LogP contribution in [0.4, 0.5) is 0 Å². The highest BCUT2D eigenvalue weighted by molar-refractivity contribution is 6.35. The molecule has 0 aromatic heterocycles. The Morgan fingerprint density at radius 3 is 2.83 bits per heavy atom. The molecule has 1 unspecified atom stereocenters. The number of ether oxygens (including phenoxy) is 2. The van der Waals surface area contributed by atoms with E-state index in [1.807, 2.05) is 12.1 Å². The molecule has 1 aromatic rings. The van der Waals surface area contributed by atoms with Crippen LogP contribution in [0.15, 0.2) is 18.2 Å². The SMILES string of the molecule is CC[NH+]1CCC[C@@H]1CNC(=O)C(=O)NCc1ccc2c(c1)OCO2. The number of hydrogen-bond acceptors (Lipinski definition) is 4. The normalized spacial score (nSPS) is 21.5. The minimum absolute atomic E-state index is 0.214. The number of carbonyl (C=O) groups is 2. The van der Waals surface area contributed by atoms with Crippen LogP contribution < -0.4 is 25.0 Å². The molecule has 0 aliphatic carbocycles. The number of rotatable bonds is 5. The van der Waals surface area contributed by atoms with Gasteiger partial charge in [-0.3, -0.25) is 9.59 Å². The second kappa shape index (κ2) is 7.53. The number of likely N-dealkylation sites (N-methyl/N-ethyl adjacent to an activating group) is 1. The molecule has 0 spiro atoms. The number of nitrogens with one attached hydrogen (secondary N) is 3. The Kier molecular flexibility index (Phi) is 5.20. The summed E-state index contributed by atoms with van der Waals surface area (Å²) in [6.45, 7) is 5.39. The van der Waals surface area contributed by atoms with E-state index in [0.717, 1.165) is 25.1 Å². The molecule has 24 heavy (non-hydrogen) atoms. The van der Waals surface area contributed by atoms with Gasteiger partial charge >= 0.3 is 11.8 Å². The summed E-state index contributed by atoms with van der Waals surface area (Å²) in [7, 11) is 0. The predicted molar refractivity (Wildman–Crippen MR) is 86.8 cm³/mol. The van der Waals surface area contributed by atoms with Crippen LogP contribution in [0.2, 0.25) is 0 Å². The molecule has 2 aliphatic rings. The Morgan fingerprint density at radius 1 is 1.21 bits per heavy atom. The molecule has 7 nitrogen and oxygen atoms in total. The summed E-state index contributed by atoms with van der Waals surface area (Å²) < 4.78 is 10.5. The maximum Gasteiger partial charge on any atom is 0.309 e. The quantitative estimate of drug-likeness (QED) is 0.617. The highest BCUT2D eigenvalue weighted by Crippen LogP contribution is 2.32. The Labute approximate surface area is 141 Å². The molecule has 3 rings (SSSR count). The van der Waals surface area contributed by atoms with Crippen molar-refractivity contribution in [2.24, 2.45) is 0 Å². The van der Waals surface area contributed by atoms with Crippen molar-refractivity contribution in [2.75, 3.05) is 26.4 Å². The van der Waals surface area contributed by atoms with Crippen molar-refractivity contribution < 1.29 is 24.0 Å². The van der Waals surface area contributed by atoms with E-state index in [1.165, 1.54) is 11.3 Å². The monoisotopic (exact) mass is 334 g/mol. The van der Waals surface area contributed by atoms with E-state index < -0.39 is 11.8 Å². The lowest BCUT2D eigenvalue weighted by Gasteiger charge is -2.19. The molecule has 2 amide bonds. The fraction of sp³-hybridized carbons (Fsp3) is 0.529. The molecular formula is C17H24N3O4+. The van der Waals surface area contributed by atoms with Gasteiger partial charge in [0, 0.05) is 19.4 Å². The van der Waals surface area contributed by atoms with Crippen molar-refractivity contribution in [3.63, 3.8) is 0 Å². The molecular weight excluding hydrogens is 310 g/mol. The number of amides is 2. The third-order valence-electron chi connectivity index (χ3n) is 4.69. The second-order valence-corrected chi connectivity index (χ2v) is 6.18. The number of fused-ring (bicyclic) bond motifs is 1.